The number of pyridine rings is 1. The maximum absolute atomic E-state index is 11.3. The van der Waals surface area contributed by atoms with E-state index in [4.69, 9.17) is 11.6 Å². The summed E-state index contributed by atoms with van der Waals surface area (Å²) in [5.41, 5.74) is 1.88. The van der Waals surface area contributed by atoms with Gasteiger partial charge in [-0.05, 0) is 43.5 Å². The molecular formula is C16H17ClN2O2. The van der Waals surface area contributed by atoms with Gasteiger partial charge < -0.3 is 5.11 Å². The molecule has 0 bridgehead atoms. The summed E-state index contributed by atoms with van der Waals surface area (Å²) < 4.78 is 0. The maximum atomic E-state index is 11.3. The highest BCUT2D eigenvalue weighted by Crippen LogP contribution is 2.32. The number of fused-ring (bicyclic) bond motifs is 1. The van der Waals surface area contributed by atoms with Gasteiger partial charge in [-0.1, -0.05) is 17.7 Å². The van der Waals surface area contributed by atoms with Gasteiger partial charge in [0, 0.05) is 29.2 Å². The molecule has 1 atom stereocenters. The first-order chi connectivity index (χ1) is 10.1. The molecule has 21 heavy (non-hydrogen) atoms. The largest absolute Gasteiger partial charge is 0.480 e. The number of aromatic nitrogens is 1. The van der Waals surface area contributed by atoms with Crippen LogP contribution in [0.3, 0.4) is 0 Å². The van der Waals surface area contributed by atoms with Gasteiger partial charge in [0.2, 0.25) is 0 Å². The first-order valence-corrected chi connectivity index (χ1v) is 7.46. The van der Waals surface area contributed by atoms with Crippen molar-refractivity contribution in [3.05, 3.63) is 41.0 Å². The molecule has 1 unspecified atom stereocenters. The van der Waals surface area contributed by atoms with Crippen LogP contribution in [-0.4, -0.2) is 33.0 Å². The molecule has 1 heterocycles. The first-order valence-electron chi connectivity index (χ1n) is 7.08. The Bertz CT molecular complexity index is 685. The van der Waals surface area contributed by atoms with Crippen LogP contribution in [0.5, 0.6) is 0 Å². The second-order valence-corrected chi connectivity index (χ2v) is 5.99. The van der Waals surface area contributed by atoms with Crippen LogP contribution in [0.15, 0.2) is 30.5 Å². The Hall–Kier alpha value is -1.65. The fourth-order valence-corrected chi connectivity index (χ4v) is 2.92. The van der Waals surface area contributed by atoms with E-state index in [1.165, 1.54) is 0 Å². The van der Waals surface area contributed by atoms with Crippen molar-refractivity contribution in [1.29, 1.82) is 0 Å². The molecule has 1 fully saturated rings. The molecular weight excluding hydrogens is 288 g/mol. The molecule has 4 nitrogen and oxygen atoms in total. The number of hydrogen-bond donors (Lipinski definition) is 1. The number of halogens is 1. The van der Waals surface area contributed by atoms with Crippen molar-refractivity contribution in [2.24, 2.45) is 0 Å². The fourth-order valence-electron chi connectivity index (χ4n) is 2.68. The molecule has 1 aliphatic carbocycles. The van der Waals surface area contributed by atoms with Crippen molar-refractivity contribution in [3.63, 3.8) is 0 Å². The lowest BCUT2D eigenvalue weighted by Crippen LogP contribution is -2.40. The number of hydrogen-bond acceptors (Lipinski definition) is 3. The highest BCUT2D eigenvalue weighted by atomic mass is 35.5. The van der Waals surface area contributed by atoms with Crippen LogP contribution in [0.25, 0.3) is 10.9 Å². The number of aliphatic carboxylic acids is 1. The van der Waals surface area contributed by atoms with Gasteiger partial charge in [0.15, 0.2) is 0 Å². The van der Waals surface area contributed by atoms with Gasteiger partial charge in [-0.25, -0.2) is 0 Å². The van der Waals surface area contributed by atoms with E-state index < -0.39 is 12.0 Å². The minimum atomic E-state index is -0.791. The minimum Gasteiger partial charge on any atom is -0.480 e. The smallest absolute Gasteiger partial charge is 0.320 e. The zero-order valence-corrected chi connectivity index (χ0v) is 12.5. The van der Waals surface area contributed by atoms with Crippen LogP contribution in [0.1, 0.15) is 25.3 Å². The molecule has 0 saturated heterocycles. The van der Waals surface area contributed by atoms with E-state index in [2.05, 4.69) is 4.98 Å². The quantitative estimate of drug-likeness (QED) is 0.920. The summed E-state index contributed by atoms with van der Waals surface area (Å²) in [6, 6.07) is 7.47. The van der Waals surface area contributed by atoms with Crippen LogP contribution in [0.4, 0.5) is 0 Å². The van der Waals surface area contributed by atoms with E-state index in [0.717, 1.165) is 29.3 Å². The Balaban J connectivity index is 1.97. The summed E-state index contributed by atoms with van der Waals surface area (Å²) in [5.74, 6) is -0.791. The Morgan fingerprint density at radius 2 is 2.29 bits per heavy atom. The highest BCUT2D eigenvalue weighted by molar-refractivity contribution is 6.31. The molecule has 1 aromatic carbocycles. The van der Waals surface area contributed by atoms with Crippen molar-refractivity contribution in [1.82, 2.24) is 9.88 Å². The van der Waals surface area contributed by atoms with E-state index in [1.807, 2.05) is 29.2 Å². The lowest BCUT2D eigenvalue weighted by atomic mass is 10.1. The average Bonchev–Trinajstić information content (AvgIpc) is 3.28. The van der Waals surface area contributed by atoms with Crippen LogP contribution in [-0.2, 0) is 11.3 Å². The Morgan fingerprint density at radius 3 is 2.95 bits per heavy atom. The van der Waals surface area contributed by atoms with Gasteiger partial charge >= 0.3 is 5.97 Å². The maximum Gasteiger partial charge on any atom is 0.320 e. The number of carbonyl (C=O) groups is 1. The normalized spacial score (nSPS) is 16.3. The molecule has 0 radical (unpaired) electrons. The van der Waals surface area contributed by atoms with Crippen molar-refractivity contribution < 1.29 is 9.90 Å². The van der Waals surface area contributed by atoms with Crippen molar-refractivity contribution in [2.75, 3.05) is 0 Å². The fraction of sp³-hybridized carbons (Fsp3) is 0.375. The molecule has 0 spiro atoms. The number of carboxylic acid groups (broad SMARTS) is 1. The van der Waals surface area contributed by atoms with Crippen LogP contribution >= 0.6 is 11.6 Å². The number of nitrogens with zero attached hydrogens (tertiary/aromatic N) is 2. The lowest BCUT2D eigenvalue weighted by molar-refractivity contribution is -0.143. The van der Waals surface area contributed by atoms with Gasteiger partial charge in [-0.2, -0.15) is 0 Å². The number of rotatable bonds is 5. The van der Waals surface area contributed by atoms with E-state index in [0.29, 0.717) is 17.6 Å². The molecule has 1 N–H and O–H groups in total. The predicted molar refractivity (Wildman–Crippen MR) is 82.4 cm³/mol. The summed E-state index contributed by atoms with van der Waals surface area (Å²) in [6.07, 6.45) is 3.87. The topological polar surface area (TPSA) is 53.4 Å². The molecule has 1 aliphatic rings. The lowest BCUT2D eigenvalue weighted by Gasteiger charge is -2.26. The molecule has 5 heteroatoms. The van der Waals surface area contributed by atoms with Crippen molar-refractivity contribution >= 4 is 28.5 Å². The highest BCUT2D eigenvalue weighted by Gasteiger charge is 2.35. The SMILES string of the molecule is CC(C(=O)O)N(Cc1cc(Cl)cc2cccnc12)C1CC1. The van der Waals surface area contributed by atoms with Crippen LogP contribution in [0.2, 0.25) is 5.02 Å². The number of benzene rings is 1. The average molecular weight is 305 g/mol. The van der Waals surface area contributed by atoms with E-state index in [9.17, 15) is 9.90 Å². The van der Waals surface area contributed by atoms with E-state index >= 15 is 0 Å². The zero-order chi connectivity index (χ0) is 15.0. The summed E-state index contributed by atoms with van der Waals surface area (Å²) in [6.45, 7) is 2.30. The third-order valence-electron chi connectivity index (χ3n) is 3.97. The van der Waals surface area contributed by atoms with Gasteiger partial charge in [0.1, 0.15) is 6.04 Å². The summed E-state index contributed by atoms with van der Waals surface area (Å²) in [5, 5.41) is 10.9. The van der Waals surface area contributed by atoms with Crippen molar-refractivity contribution in [2.45, 2.75) is 38.4 Å². The number of carboxylic acids is 1. The molecule has 110 valence electrons. The summed E-state index contributed by atoms with van der Waals surface area (Å²) in [4.78, 5) is 17.8. The van der Waals surface area contributed by atoms with Crippen LogP contribution < -0.4 is 0 Å². The third kappa shape index (κ3) is 3.01. The van der Waals surface area contributed by atoms with Gasteiger partial charge in [-0.15, -0.1) is 0 Å². The standard InChI is InChI=1S/C16H17ClN2O2/c1-10(16(20)21)19(14-4-5-14)9-12-8-13(17)7-11-3-2-6-18-15(11)12/h2-3,6-8,10,14H,4-5,9H2,1H3,(H,20,21). The molecule has 0 amide bonds. The zero-order valence-electron chi connectivity index (χ0n) is 11.8. The van der Waals surface area contributed by atoms with E-state index in [1.54, 1.807) is 13.1 Å². The van der Waals surface area contributed by atoms with Gasteiger partial charge in [-0.3, -0.25) is 14.7 Å². The molecule has 0 aliphatic heterocycles. The monoisotopic (exact) mass is 304 g/mol. The van der Waals surface area contributed by atoms with Crippen LogP contribution in [0, 0.1) is 0 Å². The molecule has 1 saturated carbocycles. The first kappa shape index (κ1) is 14.3. The van der Waals surface area contributed by atoms with E-state index in [-0.39, 0.29) is 0 Å². The summed E-state index contributed by atoms with van der Waals surface area (Å²) in [7, 11) is 0. The second-order valence-electron chi connectivity index (χ2n) is 5.56. The van der Waals surface area contributed by atoms with Gasteiger partial charge in [0.25, 0.3) is 0 Å². The Labute approximate surface area is 128 Å². The Morgan fingerprint density at radius 1 is 1.52 bits per heavy atom. The van der Waals surface area contributed by atoms with Gasteiger partial charge in [0.05, 0.1) is 5.52 Å². The molecule has 2 aromatic rings. The molecule has 3 rings (SSSR count). The summed E-state index contributed by atoms with van der Waals surface area (Å²) >= 11 is 6.18. The third-order valence-corrected chi connectivity index (χ3v) is 4.19. The molecule has 1 aromatic heterocycles. The minimum absolute atomic E-state index is 0.355. The Kier molecular flexibility index (Phi) is 3.83. The van der Waals surface area contributed by atoms with Crippen molar-refractivity contribution in [3.8, 4) is 0 Å². The predicted octanol–water partition coefficient (Wildman–Crippen LogP) is 3.33. The second kappa shape index (κ2) is 5.62.